The van der Waals surface area contributed by atoms with E-state index in [4.69, 9.17) is 9.84 Å². The minimum Gasteiger partial charge on any atom is -0.481 e. The molecule has 2 atom stereocenters. The summed E-state index contributed by atoms with van der Waals surface area (Å²) in [6, 6.07) is -0.461. The summed E-state index contributed by atoms with van der Waals surface area (Å²) in [6.45, 7) is 8.40. The van der Waals surface area contributed by atoms with Gasteiger partial charge in [-0.1, -0.05) is 0 Å². The molecule has 5 heteroatoms. The van der Waals surface area contributed by atoms with Crippen LogP contribution in [0.1, 0.15) is 34.6 Å². The SMILES string of the molecule is C[C@H](NC(=O)OC(C)(C)C)[C@@H](C)C(=O)O. The first-order valence-electron chi connectivity index (χ1n) is 4.86. The molecule has 2 N–H and O–H groups in total. The van der Waals surface area contributed by atoms with Crippen LogP contribution in [0, 0.1) is 5.92 Å². The third kappa shape index (κ3) is 5.93. The number of carbonyl (C=O) groups excluding carboxylic acids is 1. The summed E-state index contributed by atoms with van der Waals surface area (Å²) >= 11 is 0. The highest BCUT2D eigenvalue weighted by Crippen LogP contribution is 2.08. The summed E-state index contributed by atoms with van der Waals surface area (Å²) in [6.07, 6.45) is -0.594. The summed E-state index contributed by atoms with van der Waals surface area (Å²) in [5, 5.41) is 11.2. The smallest absolute Gasteiger partial charge is 0.407 e. The number of carbonyl (C=O) groups is 2. The summed E-state index contributed by atoms with van der Waals surface area (Å²) in [7, 11) is 0. The minimum atomic E-state index is -0.946. The first kappa shape index (κ1) is 13.7. The lowest BCUT2D eigenvalue weighted by Gasteiger charge is -2.23. The Morgan fingerprint density at radius 1 is 1.27 bits per heavy atom. The average Bonchev–Trinajstić information content (AvgIpc) is 1.98. The molecule has 0 aromatic carbocycles. The topological polar surface area (TPSA) is 75.6 Å². The molecule has 0 rings (SSSR count). The highest BCUT2D eigenvalue weighted by atomic mass is 16.6. The van der Waals surface area contributed by atoms with Crippen molar-refractivity contribution in [2.24, 2.45) is 5.92 Å². The normalized spacial score (nSPS) is 15.3. The Labute approximate surface area is 89.8 Å². The molecule has 0 unspecified atom stereocenters. The number of hydrogen-bond donors (Lipinski definition) is 2. The Morgan fingerprint density at radius 3 is 2.07 bits per heavy atom. The van der Waals surface area contributed by atoms with Gasteiger partial charge in [-0.3, -0.25) is 4.79 Å². The van der Waals surface area contributed by atoms with Crippen LogP contribution in [0.4, 0.5) is 4.79 Å². The molecule has 0 aromatic rings. The number of rotatable bonds is 3. The summed E-state index contributed by atoms with van der Waals surface area (Å²) < 4.78 is 5.00. The number of carboxylic acids is 1. The molecule has 0 saturated heterocycles. The van der Waals surface area contributed by atoms with Crippen molar-refractivity contribution in [3.05, 3.63) is 0 Å². The first-order chi connectivity index (χ1) is 6.63. The number of hydrogen-bond acceptors (Lipinski definition) is 3. The van der Waals surface area contributed by atoms with Crippen LogP contribution in [0.3, 0.4) is 0 Å². The highest BCUT2D eigenvalue weighted by molar-refractivity contribution is 5.73. The zero-order valence-electron chi connectivity index (χ0n) is 9.83. The van der Waals surface area contributed by atoms with Gasteiger partial charge in [-0.25, -0.2) is 4.79 Å². The molecule has 0 aromatic heterocycles. The Morgan fingerprint density at radius 2 is 1.73 bits per heavy atom. The van der Waals surface area contributed by atoms with Gasteiger partial charge in [0.15, 0.2) is 0 Å². The summed E-state index contributed by atoms with van der Waals surface area (Å²) in [5.74, 6) is -1.59. The lowest BCUT2D eigenvalue weighted by atomic mass is 10.0. The predicted molar refractivity (Wildman–Crippen MR) is 55.6 cm³/mol. The van der Waals surface area contributed by atoms with E-state index >= 15 is 0 Å². The Bertz CT molecular complexity index is 244. The van der Waals surface area contributed by atoms with Crippen LogP contribution in [-0.2, 0) is 9.53 Å². The summed E-state index contributed by atoms with van der Waals surface area (Å²) in [4.78, 5) is 21.9. The van der Waals surface area contributed by atoms with Crippen LogP contribution in [-0.4, -0.2) is 28.8 Å². The standard InChI is InChI=1S/C10H19NO4/c1-6(8(12)13)7(2)11-9(14)15-10(3,4)5/h6-7H,1-5H3,(H,11,14)(H,12,13)/t6-,7+/m1/s1. The maximum atomic E-state index is 11.3. The maximum absolute atomic E-state index is 11.3. The Balaban J connectivity index is 4.13. The third-order valence-electron chi connectivity index (χ3n) is 1.88. The molecule has 0 saturated carbocycles. The molecule has 0 aliphatic rings. The van der Waals surface area contributed by atoms with E-state index in [0.29, 0.717) is 0 Å². The molecule has 88 valence electrons. The largest absolute Gasteiger partial charge is 0.481 e. The fraction of sp³-hybridized carbons (Fsp3) is 0.800. The number of alkyl carbamates (subject to hydrolysis) is 1. The predicted octanol–water partition coefficient (Wildman–Crippen LogP) is 1.62. The van der Waals surface area contributed by atoms with E-state index < -0.39 is 29.6 Å². The van der Waals surface area contributed by atoms with Crippen LogP contribution in [0.2, 0.25) is 0 Å². The van der Waals surface area contributed by atoms with Gasteiger partial charge in [-0.2, -0.15) is 0 Å². The Kier molecular flexibility index (Phi) is 4.58. The number of ether oxygens (including phenoxy) is 1. The number of nitrogens with one attached hydrogen (secondary N) is 1. The first-order valence-corrected chi connectivity index (χ1v) is 4.86. The molecular formula is C10H19NO4. The van der Waals surface area contributed by atoms with E-state index in [1.165, 1.54) is 6.92 Å². The van der Waals surface area contributed by atoms with Crippen molar-refractivity contribution < 1.29 is 19.4 Å². The number of carboxylic acid groups (broad SMARTS) is 1. The van der Waals surface area contributed by atoms with Crippen LogP contribution in [0.5, 0.6) is 0 Å². The van der Waals surface area contributed by atoms with Gasteiger partial charge < -0.3 is 15.2 Å². The van der Waals surface area contributed by atoms with Crippen LogP contribution in [0.25, 0.3) is 0 Å². The van der Waals surface area contributed by atoms with E-state index in [1.807, 2.05) is 0 Å². The van der Waals surface area contributed by atoms with Gasteiger partial charge in [0.2, 0.25) is 0 Å². The van der Waals surface area contributed by atoms with Crippen molar-refractivity contribution >= 4 is 12.1 Å². The van der Waals surface area contributed by atoms with E-state index in [0.717, 1.165) is 0 Å². The second kappa shape index (κ2) is 5.00. The monoisotopic (exact) mass is 217 g/mol. The second-order valence-corrected chi connectivity index (χ2v) is 4.56. The van der Waals surface area contributed by atoms with Gasteiger partial charge in [0.1, 0.15) is 5.60 Å². The molecule has 5 nitrogen and oxygen atoms in total. The summed E-state index contributed by atoms with van der Waals surface area (Å²) in [5.41, 5.74) is -0.573. The second-order valence-electron chi connectivity index (χ2n) is 4.56. The fourth-order valence-corrected chi connectivity index (χ4v) is 0.832. The van der Waals surface area contributed by atoms with Gasteiger partial charge >= 0.3 is 12.1 Å². The van der Waals surface area contributed by atoms with Crippen molar-refractivity contribution in [3.63, 3.8) is 0 Å². The number of amides is 1. The molecule has 0 fully saturated rings. The maximum Gasteiger partial charge on any atom is 0.407 e. The highest BCUT2D eigenvalue weighted by Gasteiger charge is 2.23. The van der Waals surface area contributed by atoms with Crippen molar-refractivity contribution in [2.45, 2.75) is 46.3 Å². The van der Waals surface area contributed by atoms with Gasteiger partial charge in [-0.15, -0.1) is 0 Å². The van der Waals surface area contributed by atoms with Crippen molar-refractivity contribution in [2.75, 3.05) is 0 Å². The fourth-order valence-electron chi connectivity index (χ4n) is 0.832. The molecule has 0 spiro atoms. The van der Waals surface area contributed by atoms with Crippen molar-refractivity contribution in [1.29, 1.82) is 0 Å². The molecule has 15 heavy (non-hydrogen) atoms. The van der Waals surface area contributed by atoms with Gasteiger partial charge in [0, 0.05) is 6.04 Å². The van der Waals surface area contributed by atoms with Crippen LogP contribution >= 0.6 is 0 Å². The molecule has 1 amide bonds. The molecule has 0 aliphatic carbocycles. The average molecular weight is 217 g/mol. The minimum absolute atomic E-state index is 0.461. The van der Waals surface area contributed by atoms with Gasteiger partial charge in [0.25, 0.3) is 0 Å². The molecule has 0 bridgehead atoms. The molecule has 0 radical (unpaired) electrons. The zero-order chi connectivity index (χ0) is 12.2. The van der Waals surface area contributed by atoms with E-state index in [-0.39, 0.29) is 0 Å². The lowest BCUT2D eigenvalue weighted by molar-refractivity contribution is -0.141. The van der Waals surface area contributed by atoms with Crippen molar-refractivity contribution in [3.8, 4) is 0 Å². The van der Waals surface area contributed by atoms with Crippen LogP contribution in [0.15, 0.2) is 0 Å². The van der Waals surface area contributed by atoms with E-state index in [2.05, 4.69) is 5.32 Å². The lowest BCUT2D eigenvalue weighted by Crippen LogP contribution is -2.42. The molecule has 0 aliphatic heterocycles. The zero-order valence-corrected chi connectivity index (χ0v) is 9.83. The van der Waals surface area contributed by atoms with E-state index in [1.54, 1.807) is 27.7 Å². The van der Waals surface area contributed by atoms with Crippen molar-refractivity contribution in [1.82, 2.24) is 5.32 Å². The Hall–Kier alpha value is -1.26. The quantitative estimate of drug-likeness (QED) is 0.753. The number of aliphatic carboxylic acids is 1. The third-order valence-corrected chi connectivity index (χ3v) is 1.88. The molecular weight excluding hydrogens is 198 g/mol. The van der Waals surface area contributed by atoms with Gasteiger partial charge in [-0.05, 0) is 34.6 Å². The van der Waals surface area contributed by atoms with Crippen LogP contribution < -0.4 is 5.32 Å². The van der Waals surface area contributed by atoms with E-state index in [9.17, 15) is 9.59 Å². The van der Waals surface area contributed by atoms with Gasteiger partial charge in [0.05, 0.1) is 5.92 Å². The molecule has 0 heterocycles.